The zero-order valence-corrected chi connectivity index (χ0v) is 12.8. The number of hydrogen-bond acceptors (Lipinski definition) is 2. The summed E-state index contributed by atoms with van der Waals surface area (Å²) in [5, 5.41) is 0. The molecule has 3 unspecified atom stereocenters. The zero-order chi connectivity index (χ0) is 13.4. The molecule has 3 nitrogen and oxygen atoms in total. The molecule has 0 aromatic carbocycles. The number of aromatic nitrogens is 1. The van der Waals surface area contributed by atoms with E-state index in [1.807, 2.05) is 11.9 Å². The molecule has 0 saturated heterocycles. The first-order valence-electron chi connectivity index (χ1n) is 7.00. The fourth-order valence-electron chi connectivity index (χ4n) is 3.79. The average Bonchev–Trinajstić information content (AvgIpc) is 3.00. The van der Waals surface area contributed by atoms with Crippen LogP contribution >= 0.6 is 15.9 Å². The molecule has 3 atom stereocenters. The van der Waals surface area contributed by atoms with Crippen molar-refractivity contribution in [1.29, 1.82) is 0 Å². The molecule has 2 aliphatic rings. The van der Waals surface area contributed by atoms with E-state index in [0.29, 0.717) is 10.2 Å². The van der Waals surface area contributed by atoms with E-state index in [9.17, 15) is 4.79 Å². The number of pyridine rings is 1. The van der Waals surface area contributed by atoms with E-state index < -0.39 is 0 Å². The van der Waals surface area contributed by atoms with Crippen LogP contribution in [0.2, 0.25) is 0 Å². The molecule has 1 heterocycles. The van der Waals surface area contributed by atoms with Crippen LogP contribution in [0.3, 0.4) is 0 Å². The lowest BCUT2D eigenvalue weighted by atomic mass is 9.88. The molecule has 0 N–H and O–H groups in total. The van der Waals surface area contributed by atoms with Gasteiger partial charge in [-0.2, -0.15) is 0 Å². The van der Waals surface area contributed by atoms with Crippen LogP contribution in [0.25, 0.3) is 0 Å². The molecule has 4 heteroatoms. The van der Waals surface area contributed by atoms with E-state index in [1.165, 1.54) is 25.7 Å². The largest absolute Gasteiger partial charge is 0.341 e. The van der Waals surface area contributed by atoms with Gasteiger partial charge in [0.25, 0.3) is 5.91 Å². The lowest BCUT2D eigenvalue weighted by Gasteiger charge is -2.27. The van der Waals surface area contributed by atoms with Crippen LogP contribution in [-0.2, 0) is 0 Å². The maximum absolute atomic E-state index is 12.4. The number of carbonyl (C=O) groups excluding carboxylic acids is 1. The summed E-state index contributed by atoms with van der Waals surface area (Å²) in [6, 6.07) is 3.57. The van der Waals surface area contributed by atoms with Gasteiger partial charge >= 0.3 is 0 Å². The first-order valence-corrected chi connectivity index (χ1v) is 7.80. The highest BCUT2D eigenvalue weighted by Gasteiger charge is 2.40. The summed E-state index contributed by atoms with van der Waals surface area (Å²) in [4.78, 5) is 18.3. The van der Waals surface area contributed by atoms with Crippen molar-refractivity contribution in [3.63, 3.8) is 0 Å². The highest BCUT2D eigenvalue weighted by atomic mass is 79.9. The molecule has 2 bridgehead atoms. The normalized spacial score (nSPS) is 28.6. The monoisotopic (exact) mass is 322 g/mol. The van der Waals surface area contributed by atoms with Crippen molar-refractivity contribution in [2.24, 2.45) is 17.8 Å². The van der Waals surface area contributed by atoms with Crippen molar-refractivity contribution >= 4 is 21.8 Å². The smallest absolute Gasteiger partial charge is 0.253 e. The van der Waals surface area contributed by atoms with Gasteiger partial charge in [0.05, 0.1) is 0 Å². The maximum Gasteiger partial charge on any atom is 0.253 e. The van der Waals surface area contributed by atoms with Crippen LogP contribution in [0.4, 0.5) is 0 Å². The Morgan fingerprint density at radius 3 is 2.95 bits per heavy atom. The van der Waals surface area contributed by atoms with Gasteiger partial charge in [-0.15, -0.1) is 0 Å². The number of nitrogens with zero attached hydrogens (tertiary/aromatic N) is 2. The third-order valence-corrected chi connectivity index (χ3v) is 5.15. The predicted molar refractivity (Wildman–Crippen MR) is 77.8 cm³/mol. The Morgan fingerprint density at radius 1 is 1.47 bits per heavy atom. The number of amides is 1. The highest BCUT2D eigenvalue weighted by Crippen LogP contribution is 2.48. The molecule has 102 valence electrons. The van der Waals surface area contributed by atoms with Crippen LogP contribution in [0, 0.1) is 17.8 Å². The van der Waals surface area contributed by atoms with Crippen molar-refractivity contribution in [2.45, 2.75) is 25.7 Å². The van der Waals surface area contributed by atoms with E-state index in [-0.39, 0.29) is 5.91 Å². The molecular formula is C15H19BrN2O. The molecule has 3 rings (SSSR count). The number of halogens is 1. The predicted octanol–water partition coefficient (Wildman–Crippen LogP) is 3.35. The van der Waals surface area contributed by atoms with E-state index in [4.69, 9.17) is 0 Å². The van der Waals surface area contributed by atoms with E-state index in [2.05, 4.69) is 20.9 Å². The van der Waals surface area contributed by atoms with Gasteiger partial charge in [-0.05, 0) is 65.1 Å². The lowest BCUT2D eigenvalue weighted by Crippen LogP contribution is -2.33. The number of hydrogen-bond donors (Lipinski definition) is 0. The number of carbonyl (C=O) groups is 1. The van der Waals surface area contributed by atoms with Gasteiger partial charge in [-0.25, -0.2) is 4.98 Å². The summed E-state index contributed by atoms with van der Waals surface area (Å²) < 4.78 is 0.715. The summed E-state index contributed by atoms with van der Waals surface area (Å²) in [5.41, 5.74) is 0.715. The van der Waals surface area contributed by atoms with Gasteiger partial charge in [0, 0.05) is 25.4 Å². The highest BCUT2D eigenvalue weighted by molar-refractivity contribution is 9.10. The number of fused-ring (bicyclic) bond motifs is 2. The number of rotatable bonds is 3. The summed E-state index contributed by atoms with van der Waals surface area (Å²) in [5.74, 6) is 2.63. The van der Waals surface area contributed by atoms with Gasteiger partial charge in [-0.3, -0.25) is 4.79 Å². The molecule has 1 amide bonds. The van der Waals surface area contributed by atoms with Crippen LogP contribution in [0.15, 0.2) is 22.9 Å². The zero-order valence-electron chi connectivity index (χ0n) is 11.2. The van der Waals surface area contributed by atoms with Crippen molar-refractivity contribution in [1.82, 2.24) is 9.88 Å². The standard InChI is InChI=1S/C15H19BrN2O/c1-18(9-13-7-10-2-3-11(13)6-10)15(19)12-4-5-17-14(16)8-12/h4-5,8,10-11,13H,2-3,6-7,9H2,1H3. The Morgan fingerprint density at radius 2 is 2.32 bits per heavy atom. The lowest BCUT2D eigenvalue weighted by molar-refractivity contribution is 0.0754. The summed E-state index contributed by atoms with van der Waals surface area (Å²) in [7, 11) is 1.92. The Kier molecular flexibility index (Phi) is 3.61. The summed E-state index contributed by atoms with van der Waals surface area (Å²) >= 11 is 3.31. The van der Waals surface area contributed by atoms with E-state index in [0.717, 1.165) is 24.3 Å². The molecular weight excluding hydrogens is 304 g/mol. The fourth-order valence-corrected chi connectivity index (χ4v) is 4.16. The molecule has 2 aliphatic carbocycles. The molecule has 0 aliphatic heterocycles. The topological polar surface area (TPSA) is 33.2 Å². The van der Waals surface area contributed by atoms with E-state index in [1.54, 1.807) is 18.3 Å². The second-order valence-corrected chi connectivity index (χ2v) is 6.80. The molecule has 19 heavy (non-hydrogen) atoms. The quantitative estimate of drug-likeness (QED) is 0.799. The first kappa shape index (κ1) is 13.1. The van der Waals surface area contributed by atoms with Crippen LogP contribution in [-0.4, -0.2) is 29.4 Å². The fraction of sp³-hybridized carbons (Fsp3) is 0.600. The Hall–Kier alpha value is -0.900. The Balaban J connectivity index is 1.64. The minimum atomic E-state index is 0.103. The minimum absolute atomic E-state index is 0.103. The SMILES string of the molecule is CN(CC1CC2CCC1C2)C(=O)c1ccnc(Br)c1. The summed E-state index contributed by atoms with van der Waals surface area (Å²) in [6.45, 7) is 0.903. The molecule has 2 saturated carbocycles. The second-order valence-electron chi connectivity index (χ2n) is 5.99. The molecule has 0 spiro atoms. The maximum atomic E-state index is 12.4. The van der Waals surface area contributed by atoms with Crippen LogP contribution in [0.5, 0.6) is 0 Å². The van der Waals surface area contributed by atoms with Crippen LogP contribution < -0.4 is 0 Å². The minimum Gasteiger partial charge on any atom is -0.341 e. The Labute approximate surface area is 122 Å². The Bertz CT molecular complexity index is 491. The van der Waals surface area contributed by atoms with Crippen molar-refractivity contribution in [3.8, 4) is 0 Å². The average molecular weight is 323 g/mol. The van der Waals surface area contributed by atoms with Crippen molar-refractivity contribution < 1.29 is 4.79 Å². The van der Waals surface area contributed by atoms with Gasteiger partial charge in [0.1, 0.15) is 4.60 Å². The first-order chi connectivity index (χ1) is 9.13. The van der Waals surface area contributed by atoms with Gasteiger partial charge in [0.2, 0.25) is 0 Å². The third-order valence-electron chi connectivity index (χ3n) is 4.71. The molecule has 2 fully saturated rings. The third kappa shape index (κ3) is 2.69. The van der Waals surface area contributed by atoms with E-state index >= 15 is 0 Å². The van der Waals surface area contributed by atoms with Crippen molar-refractivity contribution in [3.05, 3.63) is 28.5 Å². The molecule has 1 aromatic rings. The van der Waals surface area contributed by atoms with Crippen LogP contribution in [0.1, 0.15) is 36.0 Å². The summed E-state index contributed by atoms with van der Waals surface area (Å²) in [6.07, 6.45) is 7.17. The molecule has 0 radical (unpaired) electrons. The molecule has 1 aromatic heterocycles. The van der Waals surface area contributed by atoms with Gasteiger partial charge in [-0.1, -0.05) is 6.42 Å². The second kappa shape index (κ2) is 5.23. The van der Waals surface area contributed by atoms with Crippen molar-refractivity contribution in [2.75, 3.05) is 13.6 Å². The van der Waals surface area contributed by atoms with Gasteiger partial charge < -0.3 is 4.90 Å². The van der Waals surface area contributed by atoms with Gasteiger partial charge in [0.15, 0.2) is 0 Å².